The first kappa shape index (κ1) is 27.3. The van der Waals surface area contributed by atoms with Crippen LogP contribution < -0.4 is 9.64 Å². The fourth-order valence-electron chi connectivity index (χ4n) is 4.69. The van der Waals surface area contributed by atoms with Crippen molar-refractivity contribution in [3.8, 4) is 5.75 Å². The SMILES string of the molecule is Cc1ccnc(C(C)C)c1N(C)c1nc(Cl)c(Cl)c2c1C(=O)N1CCN(C(=O)OC(C)(C)C)C[C@@H]1CO2. The lowest BCUT2D eigenvalue weighted by Crippen LogP contribution is -2.58. The van der Waals surface area contributed by atoms with Crippen LogP contribution in [0, 0.1) is 6.92 Å². The average Bonchev–Trinajstić information content (AvgIpc) is 2.96. The molecule has 9 nitrogen and oxygen atoms in total. The highest BCUT2D eigenvalue weighted by Gasteiger charge is 2.41. The van der Waals surface area contributed by atoms with Crippen LogP contribution in [0.3, 0.4) is 0 Å². The Hall–Kier alpha value is -2.78. The van der Waals surface area contributed by atoms with Gasteiger partial charge in [0, 0.05) is 32.9 Å². The molecule has 2 amide bonds. The van der Waals surface area contributed by atoms with E-state index >= 15 is 0 Å². The van der Waals surface area contributed by atoms with Gasteiger partial charge in [0.2, 0.25) is 0 Å². The lowest BCUT2D eigenvalue weighted by molar-refractivity contribution is 0.000956. The molecule has 2 aromatic rings. The molecular formula is C26H33Cl2N5O4. The third-order valence-corrected chi connectivity index (χ3v) is 7.14. The van der Waals surface area contributed by atoms with Crippen molar-refractivity contribution in [2.75, 3.05) is 38.2 Å². The van der Waals surface area contributed by atoms with Crippen molar-refractivity contribution in [3.05, 3.63) is 39.3 Å². The van der Waals surface area contributed by atoms with Crippen LogP contribution in [0.25, 0.3) is 0 Å². The Bertz CT molecular complexity index is 1230. The number of piperazine rings is 1. The van der Waals surface area contributed by atoms with Gasteiger partial charge in [-0.15, -0.1) is 0 Å². The molecule has 0 aromatic carbocycles. The quantitative estimate of drug-likeness (QED) is 0.471. The number of anilines is 2. The van der Waals surface area contributed by atoms with Gasteiger partial charge in [0.05, 0.1) is 17.4 Å². The van der Waals surface area contributed by atoms with Gasteiger partial charge in [0.1, 0.15) is 22.8 Å². The number of carbonyl (C=O) groups excluding carboxylic acids is 2. The van der Waals surface area contributed by atoms with Crippen LogP contribution >= 0.6 is 23.2 Å². The molecule has 11 heteroatoms. The Balaban J connectivity index is 1.74. The van der Waals surface area contributed by atoms with E-state index in [1.165, 1.54) is 0 Å². The van der Waals surface area contributed by atoms with E-state index in [1.807, 2.05) is 45.7 Å². The van der Waals surface area contributed by atoms with E-state index < -0.39 is 11.7 Å². The van der Waals surface area contributed by atoms with E-state index in [1.54, 1.807) is 16.0 Å². The molecule has 200 valence electrons. The van der Waals surface area contributed by atoms with Gasteiger partial charge in [0.25, 0.3) is 5.91 Å². The second-order valence-corrected chi connectivity index (χ2v) is 11.4. The standard InChI is InChI=1S/C26H33Cl2N5O4/c1-14(2)19-20(15(3)8-9-29-19)31(7)23-17-21(18(27)22(28)30-23)36-13-16-12-32(10-11-33(16)24(17)34)25(35)37-26(4,5)6/h8-9,14,16H,10-13H2,1-7H3/t16-/m1/s1. The zero-order valence-electron chi connectivity index (χ0n) is 22.3. The van der Waals surface area contributed by atoms with E-state index in [0.29, 0.717) is 18.9 Å². The summed E-state index contributed by atoms with van der Waals surface area (Å²) < 4.78 is 11.7. The van der Waals surface area contributed by atoms with Crippen molar-refractivity contribution >= 4 is 46.7 Å². The monoisotopic (exact) mass is 549 g/mol. The fourth-order valence-corrected chi connectivity index (χ4v) is 5.05. The van der Waals surface area contributed by atoms with Gasteiger partial charge in [-0.1, -0.05) is 37.0 Å². The van der Waals surface area contributed by atoms with Crippen LogP contribution in [-0.2, 0) is 4.74 Å². The molecule has 0 radical (unpaired) electrons. The average molecular weight is 550 g/mol. The number of nitrogens with zero attached hydrogens (tertiary/aromatic N) is 5. The summed E-state index contributed by atoms with van der Waals surface area (Å²) >= 11 is 13.0. The number of hydrogen-bond donors (Lipinski definition) is 0. The van der Waals surface area contributed by atoms with Gasteiger partial charge in [-0.25, -0.2) is 9.78 Å². The highest BCUT2D eigenvalue weighted by Crippen LogP contribution is 2.44. The molecule has 2 aliphatic heterocycles. The van der Waals surface area contributed by atoms with Gasteiger partial charge in [-0.2, -0.15) is 0 Å². The molecule has 0 spiro atoms. The smallest absolute Gasteiger partial charge is 0.410 e. The van der Waals surface area contributed by atoms with Crippen molar-refractivity contribution in [2.45, 2.75) is 59.1 Å². The lowest BCUT2D eigenvalue weighted by Gasteiger charge is -2.40. The fraction of sp³-hybridized carbons (Fsp3) is 0.538. The summed E-state index contributed by atoms with van der Waals surface area (Å²) in [6.45, 7) is 12.6. The van der Waals surface area contributed by atoms with E-state index in [0.717, 1.165) is 16.9 Å². The summed E-state index contributed by atoms with van der Waals surface area (Å²) in [7, 11) is 1.83. The molecule has 1 saturated heterocycles. The Kier molecular flexibility index (Phi) is 7.50. The highest BCUT2D eigenvalue weighted by atomic mass is 35.5. The van der Waals surface area contributed by atoms with Crippen molar-refractivity contribution < 1.29 is 19.1 Å². The van der Waals surface area contributed by atoms with E-state index in [9.17, 15) is 9.59 Å². The number of aromatic nitrogens is 2. The van der Waals surface area contributed by atoms with Crippen LogP contribution in [-0.4, -0.2) is 76.7 Å². The van der Waals surface area contributed by atoms with Crippen LogP contribution in [0.15, 0.2) is 12.3 Å². The minimum absolute atomic E-state index is 0.0398. The molecule has 2 aliphatic rings. The molecule has 2 aromatic heterocycles. The van der Waals surface area contributed by atoms with Crippen LogP contribution in [0.5, 0.6) is 5.75 Å². The van der Waals surface area contributed by atoms with Gasteiger partial charge < -0.3 is 24.2 Å². The zero-order valence-corrected chi connectivity index (χ0v) is 23.8. The molecule has 4 heterocycles. The second kappa shape index (κ2) is 10.2. The van der Waals surface area contributed by atoms with E-state index in [4.69, 9.17) is 32.7 Å². The predicted octanol–water partition coefficient (Wildman–Crippen LogP) is 5.44. The predicted molar refractivity (Wildman–Crippen MR) is 144 cm³/mol. The molecule has 1 atom stereocenters. The molecule has 0 bridgehead atoms. The van der Waals surface area contributed by atoms with Gasteiger partial charge >= 0.3 is 6.09 Å². The number of pyridine rings is 2. The second-order valence-electron chi connectivity index (χ2n) is 10.7. The summed E-state index contributed by atoms with van der Waals surface area (Å²) in [6.07, 6.45) is 1.35. The van der Waals surface area contributed by atoms with Gasteiger partial charge in [-0.3, -0.25) is 9.78 Å². The number of amides is 2. The van der Waals surface area contributed by atoms with Crippen LogP contribution in [0.2, 0.25) is 10.2 Å². The first-order valence-electron chi connectivity index (χ1n) is 12.3. The topological polar surface area (TPSA) is 88.1 Å². The van der Waals surface area contributed by atoms with Gasteiger partial charge in [-0.05, 0) is 45.2 Å². The normalized spacial score (nSPS) is 17.7. The largest absolute Gasteiger partial charge is 0.489 e. The Morgan fingerprint density at radius 1 is 1.27 bits per heavy atom. The Morgan fingerprint density at radius 3 is 2.62 bits per heavy atom. The number of fused-ring (bicyclic) bond motifs is 2. The summed E-state index contributed by atoms with van der Waals surface area (Å²) in [5.41, 5.74) is 2.31. The van der Waals surface area contributed by atoms with Crippen molar-refractivity contribution in [2.24, 2.45) is 0 Å². The van der Waals surface area contributed by atoms with Crippen molar-refractivity contribution in [3.63, 3.8) is 0 Å². The highest BCUT2D eigenvalue weighted by molar-refractivity contribution is 6.42. The molecule has 1 fully saturated rings. The maximum absolute atomic E-state index is 14.0. The molecule has 0 aliphatic carbocycles. The number of hydrogen-bond acceptors (Lipinski definition) is 7. The van der Waals surface area contributed by atoms with Crippen LogP contribution in [0.1, 0.15) is 62.2 Å². The van der Waals surface area contributed by atoms with E-state index in [-0.39, 0.29) is 52.5 Å². The Morgan fingerprint density at radius 2 is 1.97 bits per heavy atom. The van der Waals surface area contributed by atoms with Crippen LogP contribution in [0.4, 0.5) is 16.3 Å². The minimum atomic E-state index is -0.616. The maximum atomic E-state index is 14.0. The molecule has 37 heavy (non-hydrogen) atoms. The summed E-state index contributed by atoms with van der Waals surface area (Å²) in [4.78, 5) is 41.0. The molecular weight excluding hydrogens is 517 g/mol. The third-order valence-electron chi connectivity index (χ3n) is 6.42. The van der Waals surface area contributed by atoms with Gasteiger partial charge in [0.15, 0.2) is 16.7 Å². The van der Waals surface area contributed by atoms with Crippen molar-refractivity contribution in [1.29, 1.82) is 0 Å². The third kappa shape index (κ3) is 5.29. The lowest BCUT2D eigenvalue weighted by atomic mass is 10.0. The first-order chi connectivity index (χ1) is 17.3. The maximum Gasteiger partial charge on any atom is 0.410 e. The summed E-state index contributed by atoms with van der Waals surface area (Å²) in [5, 5.41) is 0.121. The number of aryl methyl sites for hydroxylation is 1. The zero-order chi connectivity index (χ0) is 27.2. The summed E-state index contributed by atoms with van der Waals surface area (Å²) in [5.74, 6) is 0.389. The molecule has 4 rings (SSSR count). The summed E-state index contributed by atoms with van der Waals surface area (Å²) in [6, 6.07) is 1.53. The number of ether oxygens (including phenoxy) is 2. The number of carbonyl (C=O) groups is 2. The first-order valence-corrected chi connectivity index (χ1v) is 13.1. The molecule has 0 N–H and O–H groups in total. The minimum Gasteiger partial charge on any atom is -0.489 e. The molecule has 0 saturated carbocycles. The Labute approximate surface area is 227 Å². The van der Waals surface area contributed by atoms with Crippen molar-refractivity contribution in [1.82, 2.24) is 19.8 Å². The number of rotatable bonds is 3. The van der Waals surface area contributed by atoms with E-state index in [2.05, 4.69) is 23.8 Å². The number of halogens is 2. The molecule has 0 unspecified atom stereocenters.